The van der Waals surface area contributed by atoms with Crippen molar-refractivity contribution in [2.75, 3.05) is 20.8 Å². The summed E-state index contributed by atoms with van der Waals surface area (Å²) in [6, 6.07) is 8.00. The smallest absolute Gasteiger partial charge is 0.124 e. The van der Waals surface area contributed by atoms with Gasteiger partial charge in [0.05, 0.1) is 20.3 Å². The van der Waals surface area contributed by atoms with Gasteiger partial charge in [0.1, 0.15) is 11.5 Å². The fourth-order valence-electron chi connectivity index (χ4n) is 2.41. The molecule has 0 aliphatic carbocycles. The number of ether oxygens (including phenoxy) is 2. The SMILES string of the molecule is CCNC(c1cncc(C)c1)c1cc(OC)ccc1OC. The summed E-state index contributed by atoms with van der Waals surface area (Å²) in [7, 11) is 3.35. The van der Waals surface area contributed by atoms with E-state index in [0.717, 1.165) is 34.7 Å². The molecule has 2 aromatic rings. The highest BCUT2D eigenvalue weighted by Crippen LogP contribution is 2.33. The maximum absolute atomic E-state index is 5.51. The van der Waals surface area contributed by atoms with Crippen LogP contribution < -0.4 is 14.8 Å². The van der Waals surface area contributed by atoms with Gasteiger partial charge < -0.3 is 14.8 Å². The van der Waals surface area contributed by atoms with Gasteiger partial charge in [0, 0.05) is 18.0 Å². The molecule has 2 rings (SSSR count). The van der Waals surface area contributed by atoms with Gasteiger partial charge in [0.25, 0.3) is 0 Å². The lowest BCUT2D eigenvalue weighted by molar-refractivity contribution is 0.394. The third-order valence-electron chi connectivity index (χ3n) is 3.39. The molecule has 0 bridgehead atoms. The van der Waals surface area contributed by atoms with E-state index in [1.54, 1.807) is 14.2 Å². The predicted octanol–water partition coefficient (Wildman–Crippen LogP) is 3.11. The van der Waals surface area contributed by atoms with E-state index in [4.69, 9.17) is 9.47 Å². The monoisotopic (exact) mass is 286 g/mol. The normalized spacial score (nSPS) is 12.0. The van der Waals surface area contributed by atoms with Crippen molar-refractivity contribution >= 4 is 0 Å². The van der Waals surface area contributed by atoms with Gasteiger partial charge in [-0.15, -0.1) is 0 Å². The van der Waals surface area contributed by atoms with Crippen LogP contribution in [-0.2, 0) is 0 Å². The molecule has 0 spiro atoms. The summed E-state index contributed by atoms with van der Waals surface area (Å²) < 4.78 is 10.9. The quantitative estimate of drug-likeness (QED) is 0.886. The first kappa shape index (κ1) is 15.3. The van der Waals surface area contributed by atoms with E-state index in [1.807, 2.05) is 37.5 Å². The van der Waals surface area contributed by atoms with Crippen LogP contribution in [0.1, 0.15) is 29.7 Å². The van der Waals surface area contributed by atoms with E-state index < -0.39 is 0 Å². The van der Waals surface area contributed by atoms with Gasteiger partial charge in [0.15, 0.2) is 0 Å². The molecule has 1 aromatic carbocycles. The minimum Gasteiger partial charge on any atom is -0.497 e. The second kappa shape index (κ2) is 7.09. The zero-order chi connectivity index (χ0) is 15.2. The van der Waals surface area contributed by atoms with Crippen molar-refractivity contribution in [3.05, 3.63) is 53.3 Å². The molecule has 1 unspecified atom stereocenters. The summed E-state index contributed by atoms with van der Waals surface area (Å²) >= 11 is 0. The number of nitrogens with one attached hydrogen (secondary N) is 1. The van der Waals surface area contributed by atoms with Crippen molar-refractivity contribution < 1.29 is 9.47 Å². The van der Waals surface area contributed by atoms with Gasteiger partial charge in [-0.3, -0.25) is 4.98 Å². The zero-order valence-corrected chi connectivity index (χ0v) is 13.0. The zero-order valence-electron chi connectivity index (χ0n) is 13.0. The minimum absolute atomic E-state index is 0.0208. The van der Waals surface area contributed by atoms with Crippen molar-refractivity contribution in [3.8, 4) is 11.5 Å². The van der Waals surface area contributed by atoms with E-state index in [0.29, 0.717) is 0 Å². The fraction of sp³-hybridized carbons (Fsp3) is 0.353. The Balaban J connectivity index is 2.51. The number of pyridine rings is 1. The third-order valence-corrected chi connectivity index (χ3v) is 3.39. The molecule has 0 saturated carbocycles. The summed E-state index contributed by atoms with van der Waals surface area (Å²) in [5.41, 5.74) is 3.30. The van der Waals surface area contributed by atoms with Gasteiger partial charge in [-0.25, -0.2) is 0 Å². The molecule has 0 saturated heterocycles. The van der Waals surface area contributed by atoms with E-state index in [-0.39, 0.29) is 6.04 Å². The number of aryl methyl sites for hydroxylation is 1. The molecule has 1 heterocycles. The summed E-state index contributed by atoms with van der Waals surface area (Å²) in [5, 5.41) is 3.49. The van der Waals surface area contributed by atoms with Crippen molar-refractivity contribution in [2.45, 2.75) is 19.9 Å². The van der Waals surface area contributed by atoms with Crippen LogP contribution in [0.5, 0.6) is 11.5 Å². The summed E-state index contributed by atoms with van der Waals surface area (Å²) in [4.78, 5) is 4.30. The van der Waals surface area contributed by atoms with Crippen LogP contribution in [0.25, 0.3) is 0 Å². The van der Waals surface area contributed by atoms with Crippen molar-refractivity contribution in [3.63, 3.8) is 0 Å². The second-order valence-corrected chi connectivity index (χ2v) is 4.89. The van der Waals surface area contributed by atoms with Gasteiger partial charge in [0.2, 0.25) is 0 Å². The largest absolute Gasteiger partial charge is 0.497 e. The minimum atomic E-state index is 0.0208. The number of hydrogen-bond donors (Lipinski definition) is 1. The van der Waals surface area contributed by atoms with Crippen molar-refractivity contribution in [1.82, 2.24) is 10.3 Å². The molecule has 0 radical (unpaired) electrons. The van der Waals surface area contributed by atoms with Gasteiger partial charge >= 0.3 is 0 Å². The fourth-order valence-corrected chi connectivity index (χ4v) is 2.41. The van der Waals surface area contributed by atoms with Crippen molar-refractivity contribution in [1.29, 1.82) is 0 Å². The first-order valence-corrected chi connectivity index (χ1v) is 7.06. The standard InChI is InChI=1S/C17H22N2O2/c1-5-19-17(13-8-12(2)10-18-11-13)15-9-14(20-3)6-7-16(15)21-4/h6-11,17,19H,5H2,1-4H3. The molecular weight excluding hydrogens is 264 g/mol. The van der Waals surface area contributed by atoms with Crippen LogP contribution in [0.2, 0.25) is 0 Å². The topological polar surface area (TPSA) is 43.4 Å². The first-order valence-electron chi connectivity index (χ1n) is 7.06. The third kappa shape index (κ3) is 3.52. The molecule has 0 aliphatic rings. The Morgan fingerprint density at radius 2 is 1.95 bits per heavy atom. The lowest BCUT2D eigenvalue weighted by Crippen LogP contribution is -2.23. The Kier molecular flexibility index (Phi) is 5.17. The highest BCUT2D eigenvalue weighted by atomic mass is 16.5. The molecule has 1 atom stereocenters. The predicted molar refractivity (Wildman–Crippen MR) is 84.0 cm³/mol. The Morgan fingerprint density at radius 3 is 2.57 bits per heavy atom. The molecule has 1 aromatic heterocycles. The molecule has 0 aliphatic heterocycles. The number of rotatable bonds is 6. The maximum atomic E-state index is 5.51. The van der Waals surface area contributed by atoms with Crippen LogP contribution >= 0.6 is 0 Å². The number of hydrogen-bond acceptors (Lipinski definition) is 4. The highest BCUT2D eigenvalue weighted by molar-refractivity contribution is 5.46. The summed E-state index contributed by atoms with van der Waals surface area (Å²) in [6.45, 7) is 4.98. The van der Waals surface area contributed by atoms with Crippen LogP contribution in [0.4, 0.5) is 0 Å². The molecule has 0 fully saturated rings. The van der Waals surface area contributed by atoms with E-state index in [9.17, 15) is 0 Å². The maximum Gasteiger partial charge on any atom is 0.124 e. The van der Waals surface area contributed by atoms with Crippen LogP contribution in [0.15, 0.2) is 36.7 Å². The Bertz CT molecular complexity index is 599. The molecule has 21 heavy (non-hydrogen) atoms. The molecular formula is C17H22N2O2. The van der Waals surface area contributed by atoms with Crippen LogP contribution in [-0.4, -0.2) is 25.7 Å². The van der Waals surface area contributed by atoms with Crippen molar-refractivity contribution in [2.24, 2.45) is 0 Å². The number of benzene rings is 1. The number of methoxy groups -OCH3 is 2. The molecule has 4 nitrogen and oxygen atoms in total. The Morgan fingerprint density at radius 1 is 1.14 bits per heavy atom. The molecule has 1 N–H and O–H groups in total. The average molecular weight is 286 g/mol. The Hall–Kier alpha value is -2.07. The summed E-state index contributed by atoms with van der Waals surface area (Å²) in [6.07, 6.45) is 3.74. The highest BCUT2D eigenvalue weighted by Gasteiger charge is 2.18. The van der Waals surface area contributed by atoms with E-state index in [2.05, 4.69) is 23.3 Å². The van der Waals surface area contributed by atoms with Crippen LogP contribution in [0.3, 0.4) is 0 Å². The van der Waals surface area contributed by atoms with Gasteiger partial charge in [-0.05, 0) is 42.8 Å². The van der Waals surface area contributed by atoms with Gasteiger partial charge in [-0.2, -0.15) is 0 Å². The van der Waals surface area contributed by atoms with E-state index in [1.165, 1.54) is 0 Å². The Labute approximate surface area is 126 Å². The molecule has 0 amide bonds. The number of nitrogens with zero attached hydrogens (tertiary/aromatic N) is 1. The van der Waals surface area contributed by atoms with Gasteiger partial charge in [-0.1, -0.05) is 13.0 Å². The molecule has 112 valence electrons. The first-order chi connectivity index (χ1) is 10.2. The lowest BCUT2D eigenvalue weighted by atomic mass is 9.98. The lowest BCUT2D eigenvalue weighted by Gasteiger charge is -2.22. The number of aromatic nitrogens is 1. The summed E-state index contributed by atoms with van der Waals surface area (Å²) in [5.74, 6) is 1.65. The molecule has 4 heteroatoms. The second-order valence-electron chi connectivity index (χ2n) is 4.89. The van der Waals surface area contributed by atoms with E-state index >= 15 is 0 Å². The van der Waals surface area contributed by atoms with Crippen LogP contribution in [0, 0.1) is 6.92 Å². The average Bonchev–Trinajstić information content (AvgIpc) is 2.52.